The van der Waals surface area contributed by atoms with Gasteiger partial charge in [-0.05, 0) is 19.1 Å². The van der Waals surface area contributed by atoms with Gasteiger partial charge in [-0.25, -0.2) is 0 Å². The highest BCUT2D eigenvalue weighted by Crippen LogP contribution is 2.05. The molecule has 2 rings (SSSR count). The summed E-state index contributed by atoms with van der Waals surface area (Å²) in [6, 6.07) is 3.34. The van der Waals surface area contributed by atoms with Gasteiger partial charge < -0.3 is 24.9 Å². The highest BCUT2D eigenvalue weighted by molar-refractivity contribution is 5.91. The minimum atomic E-state index is -0.190. The molecular weight excluding hydrogens is 300 g/mol. The molecule has 2 heterocycles. The van der Waals surface area contributed by atoms with E-state index in [0.29, 0.717) is 45.0 Å². The number of amides is 3. The Bertz CT molecular complexity index is 536. The van der Waals surface area contributed by atoms with Crippen LogP contribution in [0.15, 0.2) is 22.8 Å². The maximum Gasteiger partial charge on any atom is 0.289 e. The van der Waals surface area contributed by atoms with Gasteiger partial charge in [-0.15, -0.1) is 0 Å². The molecule has 3 N–H and O–H groups in total. The van der Waals surface area contributed by atoms with Gasteiger partial charge in [0, 0.05) is 6.54 Å². The van der Waals surface area contributed by atoms with Crippen LogP contribution in [-0.4, -0.2) is 68.4 Å². The van der Waals surface area contributed by atoms with E-state index < -0.39 is 0 Å². The van der Waals surface area contributed by atoms with Crippen LogP contribution in [0.2, 0.25) is 0 Å². The van der Waals surface area contributed by atoms with E-state index in [1.165, 1.54) is 6.26 Å². The fraction of sp³-hybridized carbons (Fsp3) is 0.533. The number of furan rings is 1. The van der Waals surface area contributed by atoms with Crippen LogP contribution in [0, 0.1) is 0 Å². The summed E-state index contributed by atoms with van der Waals surface area (Å²) < 4.78 is 5.11. The van der Waals surface area contributed by atoms with E-state index in [4.69, 9.17) is 4.42 Å². The summed E-state index contributed by atoms with van der Waals surface area (Å²) in [5, 5.41) is 5.23. The Balaban J connectivity index is 1.69. The molecule has 1 aliphatic heterocycles. The quantitative estimate of drug-likeness (QED) is 0.557. The molecule has 3 amide bonds. The van der Waals surface area contributed by atoms with Gasteiger partial charge >= 0.3 is 0 Å². The molecule has 23 heavy (non-hydrogen) atoms. The average molecular weight is 323 g/mol. The predicted octanol–water partition coefficient (Wildman–Crippen LogP) is -2.13. The molecule has 0 aliphatic carbocycles. The Labute approximate surface area is 134 Å². The lowest BCUT2D eigenvalue weighted by atomic mass is 10.3. The van der Waals surface area contributed by atoms with Crippen molar-refractivity contribution < 1.29 is 23.7 Å². The van der Waals surface area contributed by atoms with E-state index >= 15 is 0 Å². The van der Waals surface area contributed by atoms with E-state index in [1.807, 2.05) is 6.92 Å². The molecule has 1 fully saturated rings. The van der Waals surface area contributed by atoms with Crippen molar-refractivity contribution in [3.63, 3.8) is 0 Å². The van der Waals surface area contributed by atoms with Gasteiger partial charge in [-0.2, -0.15) is 0 Å². The lowest BCUT2D eigenvalue weighted by molar-refractivity contribution is -0.896. The molecule has 1 aromatic rings. The van der Waals surface area contributed by atoms with E-state index in [9.17, 15) is 14.4 Å². The lowest BCUT2D eigenvalue weighted by Crippen LogP contribution is -3.15. The molecule has 0 spiro atoms. The third-order valence-corrected chi connectivity index (χ3v) is 3.72. The number of hydrogen-bond acceptors (Lipinski definition) is 4. The minimum Gasteiger partial charge on any atom is -0.459 e. The summed E-state index contributed by atoms with van der Waals surface area (Å²) in [5.74, 6) is -0.121. The molecule has 126 valence electrons. The molecule has 8 nitrogen and oxygen atoms in total. The molecular formula is C15H23N4O4+. The van der Waals surface area contributed by atoms with Crippen LogP contribution in [0.5, 0.6) is 0 Å². The largest absolute Gasteiger partial charge is 0.459 e. The summed E-state index contributed by atoms with van der Waals surface area (Å²) in [5.41, 5.74) is 0. The monoisotopic (exact) mass is 323 g/mol. The third-order valence-electron chi connectivity index (χ3n) is 3.72. The topological polar surface area (TPSA) is 96.1 Å². The number of piperazine rings is 1. The lowest BCUT2D eigenvalue weighted by Gasteiger charge is -2.31. The third kappa shape index (κ3) is 5.10. The average Bonchev–Trinajstić information content (AvgIpc) is 3.08. The van der Waals surface area contributed by atoms with E-state index in [1.54, 1.807) is 17.0 Å². The van der Waals surface area contributed by atoms with Gasteiger partial charge in [0.15, 0.2) is 12.3 Å². The number of nitrogens with one attached hydrogen (secondary N) is 3. The Morgan fingerprint density at radius 1 is 1.22 bits per heavy atom. The van der Waals surface area contributed by atoms with Crippen LogP contribution >= 0.6 is 0 Å². The minimum absolute atomic E-state index is 0.00303. The number of nitrogens with zero attached hydrogens (tertiary/aromatic N) is 1. The molecule has 0 atom stereocenters. The van der Waals surface area contributed by atoms with Crippen molar-refractivity contribution in [1.29, 1.82) is 0 Å². The normalized spacial score (nSPS) is 15.3. The second-order valence-electron chi connectivity index (χ2n) is 5.43. The van der Waals surface area contributed by atoms with Crippen molar-refractivity contribution in [1.82, 2.24) is 15.5 Å². The second-order valence-corrected chi connectivity index (χ2v) is 5.43. The number of hydrogen-bond donors (Lipinski definition) is 3. The van der Waals surface area contributed by atoms with E-state index in [-0.39, 0.29) is 24.3 Å². The SMILES string of the molecule is CCNC(=O)CNC(=O)C[NH+]1CCN(C(=O)c2ccco2)CC1. The van der Waals surface area contributed by atoms with Gasteiger partial charge in [-0.1, -0.05) is 0 Å². The van der Waals surface area contributed by atoms with Crippen LogP contribution in [-0.2, 0) is 9.59 Å². The van der Waals surface area contributed by atoms with Crippen molar-refractivity contribution in [2.45, 2.75) is 6.92 Å². The van der Waals surface area contributed by atoms with Crippen molar-refractivity contribution in [2.24, 2.45) is 0 Å². The molecule has 0 aromatic carbocycles. The first-order valence-electron chi connectivity index (χ1n) is 7.80. The Morgan fingerprint density at radius 3 is 2.57 bits per heavy atom. The fourth-order valence-corrected chi connectivity index (χ4v) is 2.49. The number of quaternary nitrogens is 1. The summed E-state index contributed by atoms with van der Waals surface area (Å²) in [7, 11) is 0. The smallest absolute Gasteiger partial charge is 0.289 e. The van der Waals surface area contributed by atoms with Gasteiger partial charge in [0.05, 0.1) is 39.0 Å². The van der Waals surface area contributed by atoms with Crippen LogP contribution < -0.4 is 15.5 Å². The first-order valence-corrected chi connectivity index (χ1v) is 7.80. The van der Waals surface area contributed by atoms with Gasteiger partial charge in [0.2, 0.25) is 5.91 Å². The predicted molar refractivity (Wildman–Crippen MR) is 81.9 cm³/mol. The van der Waals surface area contributed by atoms with E-state index in [2.05, 4.69) is 10.6 Å². The zero-order valence-corrected chi connectivity index (χ0v) is 13.3. The van der Waals surface area contributed by atoms with Gasteiger partial charge in [-0.3, -0.25) is 14.4 Å². The van der Waals surface area contributed by atoms with Crippen molar-refractivity contribution in [3.8, 4) is 0 Å². The standard InChI is InChI=1S/C15H22N4O4/c1-2-16-13(20)10-17-14(21)11-18-5-7-19(8-6-18)15(22)12-4-3-9-23-12/h3-4,9H,2,5-8,10-11H2,1H3,(H,16,20)(H,17,21)/p+1. The molecule has 1 aliphatic rings. The second kappa shape index (κ2) is 8.33. The highest BCUT2D eigenvalue weighted by atomic mass is 16.3. The molecule has 0 radical (unpaired) electrons. The summed E-state index contributed by atoms with van der Waals surface area (Å²) in [6.07, 6.45) is 1.48. The zero-order chi connectivity index (χ0) is 16.7. The highest BCUT2D eigenvalue weighted by Gasteiger charge is 2.27. The van der Waals surface area contributed by atoms with Crippen LogP contribution in [0.3, 0.4) is 0 Å². The Morgan fingerprint density at radius 2 is 1.96 bits per heavy atom. The van der Waals surface area contributed by atoms with E-state index in [0.717, 1.165) is 4.90 Å². The Kier molecular flexibility index (Phi) is 6.16. The molecule has 1 saturated heterocycles. The molecule has 8 heteroatoms. The van der Waals surface area contributed by atoms with Crippen molar-refractivity contribution in [3.05, 3.63) is 24.2 Å². The first-order chi connectivity index (χ1) is 11.1. The fourth-order valence-electron chi connectivity index (χ4n) is 2.49. The molecule has 1 aromatic heterocycles. The molecule has 0 unspecified atom stereocenters. The summed E-state index contributed by atoms with van der Waals surface area (Å²) in [4.78, 5) is 38.1. The maximum atomic E-state index is 12.1. The zero-order valence-electron chi connectivity index (χ0n) is 13.3. The van der Waals surface area contributed by atoms with Gasteiger partial charge in [0.1, 0.15) is 0 Å². The molecule has 0 saturated carbocycles. The van der Waals surface area contributed by atoms with Crippen molar-refractivity contribution >= 4 is 17.7 Å². The summed E-state index contributed by atoms with van der Waals surface area (Å²) in [6.45, 7) is 5.24. The first kappa shape index (κ1) is 17.0. The number of carbonyl (C=O) groups is 3. The maximum absolute atomic E-state index is 12.1. The van der Waals surface area contributed by atoms with Crippen molar-refractivity contribution in [2.75, 3.05) is 45.8 Å². The van der Waals surface area contributed by atoms with Gasteiger partial charge in [0.25, 0.3) is 11.8 Å². The Hall–Kier alpha value is -2.35. The van der Waals surface area contributed by atoms with Crippen LogP contribution in [0.4, 0.5) is 0 Å². The molecule has 0 bridgehead atoms. The number of likely N-dealkylation sites (N-methyl/N-ethyl adjacent to an activating group) is 1. The number of rotatable bonds is 6. The summed E-state index contributed by atoms with van der Waals surface area (Å²) >= 11 is 0. The number of carbonyl (C=O) groups excluding carboxylic acids is 3. The van der Waals surface area contributed by atoms with Crippen LogP contribution in [0.1, 0.15) is 17.5 Å². The van der Waals surface area contributed by atoms with Crippen LogP contribution in [0.25, 0.3) is 0 Å².